The van der Waals surface area contributed by atoms with Gasteiger partial charge in [-0.05, 0) is 30.2 Å². The van der Waals surface area contributed by atoms with E-state index in [1.807, 2.05) is 18.2 Å². The number of benzene rings is 2. The van der Waals surface area contributed by atoms with Crippen molar-refractivity contribution < 1.29 is 0 Å². The maximum Gasteiger partial charge on any atom is 0.0992 e. The highest BCUT2D eigenvalue weighted by Crippen LogP contribution is 2.28. The van der Waals surface area contributed by atoms with Crippen molar-refractivity contribution in [3.63, 3.8) is 0 Å². The second-order valence-corrected chi connectivity index (χ2v) is 4.73. The van der Waals surface area contributed by atoms with E-state index in [2.05, 4.69) is 30.4 Å². The maximum atomic E-state index is 8.94. The average molecular weight is 271 g/mol. The molecule has 1 atom stereocenters. The molecule has 1 N–H and O–H groups in total. The summed E-state index contributed by atoms with van der Waals surface area (Å²) in [5.74, 6) is 0. The molecule has 0 aliphatic carbocycles. The van der Waals surface area contributed by atoms with Gasteiger partial charge in [-0.25, -0.2) is 0 Å². The largest absolute Gasteiger partial charge is 0.377 e. The standard InChI is InChI=1S/C16H15ClN2/c1-2-15(13-6-4-3-5-7-13)19-16-10-12(11-18)8-9-14(16)17/h3-10,15,19H,2H2,1H3. The van der Waals surface area contributed by atoms with Gasteiger partial charge in [-0.1, -0.05) is 48.9 Å². The van der Waals surface area contributed by atoms with Crippen molar-refractivity contribution in [2.75, 3.05) is 5.32 Å². The Morgan fingerprint density at radius 3 is 2.58 bits per heavy atom. The first-order valence-corrected chi connectivity index (χ1v) is 6.63. The molecule has 0 aromatic heterocycles. The summed E-state index contributed by atoms with van der Waals surface area (Å²) in [6.07, 6.45) is 0.942. The van der Waals surface area contributed by atoms with Crippen molar-refractivity contribution in [2.45, 2.75) is 19.4 Å². The average Bonchev–Trinajstić information content (AvgIpc) is 2.47. The molecule has 0 saturated carbocycles. The predicted molar refractivity (Wildman–Crippen MR) is 79.3 cm³/mol. The Labute approximate surface area is 118 Å². The van der Waals surface area contributed by atoms with E-state index >= 15 is 0 Å². The van der Waals surface area contributed by atoms with Crippen LogP contribution in [0.1, 0.15) is 30.5 Å². The molecule has 0 bridgehead atoms. The number of anilines is 1. The van der Waals surface area contributed by atoms with Gasteiger partial charge in [0.2, 0.25) is 0 Å². The van der Waals surface area contributed by atoms with Gasteiger partial charge in [-0.2, -0.15) is 5.26 Å². The number of nitriles is 1. The molecular weight excluding hydrogens is 256 g/mol. The zero-order chi connectivity index (χ0) is 13.7. The minimum absolute atomic E-state index is 0.188. The van der Waals surface area contributed by atoms with Crippen molar-refractivity contribution in [2.24, 2.45) is 0 Å². The molecule has 0 aliphatic rings. The number of hydrogen-bond donors (Lipinski definition) is 1. The fraction of sp³-hybridized carbons (Fsp3) is 0.188. The molecule has 2 rings (SSSR count). The monoisotopic (exact) mass is 270 g/mol. The lowest BCUT2D eigenvalue weighted by molar-refractivity contribution is 0.749. The van der Waals surface area contributed by atoms with Crippen LogP contribution in [0.5, 0.6) is 0 Å². The second-order valence-electron chi connectivity index (χ2n) is 4.32. The summed E-state index contributed by atoms with van der Waals surface area (Å²) in [7, 11) is 0. The molecular formula is C16H15ClN2. The first-order chi connectivity index (χ1) is 9.24. The number of rotatable bonds is 4. The summed E-state index contributed by atoms with van der Waals surface area (Å²) in [6, 6.07) is 17.8. The molecule has 0 heterocycles. The molecule has 0 amide bonds. The summed E-state index contributed by atoms with van der Waals surface area (Å²) in [5, 5.41) is 13.0. The fourth-order valence-corrected chi connectivity index (χ4v) is 2.17. The van der Waals surface area contributed by atoms with Gasteiger partial charge in [-0.3, -0.25) is 0 Å². The Balaban J connectivity index is 2.26. The minimum Gasteiger partial charge on any atom is -0.377 e. The van der Waals surface area contributed by atoms with Crippen molar-refractivity contribution >= 4 is 17.3 Å². The molecule has 0 saturated heterocycles. The minimum atomic E-state index is 0.188. The third-order valence-corrected chi connectivity index (χ3v) is 3.36. The van der Waals surface area contributed by atoms with Gasteiger partial charge in [0.15, 0.2) is 0 Å². The molecule has 96 valence electrons. The molecule has 3 heteroatoms. The Morgan fingerprint density at radius 1 is 1.21 bits per heavy atom. The van der Waals surface area contributed by atoms with E-state index in [9.17, 15) is 0 Å². The van der Waals surface area contributed by atoms with Gasteiger partial charge in [-0.15, -0.1) is 0 Å². The molecule has 0 spiro atoms. The van der Waals surface area contributed by atoms with E-state index in [0.29, 0.717) is 10.6 Å². The van der Waals surface area contributed by atoms with Crippen molar-refractivity contribution in [1.29, 1.82) is 5.26 Å². The summed E-state index contributed by atoms with van der Waals surface area (Å²) in [6.45, 7) is 2.12. The quantitative estimate of drug-likeness (QED) is 0.868. The lowest BCUT2D eigenvalue weighted by Gasteiger charge is -2.19. The highest BCUT2D eigenvalue weighted by atomic mass is 35.5. The molecule has 0 aliphatic heterocycles. The van der Waals surface area contributed by atoms with Crippen molar-refractivity contribution in [3.05, 3.63) is 64.7 Å². The van der Waals surface area contributed by atoms with Crippen LogP contribution in [0.3, 0.4) is 0 Å². The third kappa shape index (κ3) is 3.27. The Bertz CT molecular complexity index is 587. The first kappa shape index (κ1) is 13.5. The van der Waals surface area contributed by atoms with Gasteiger partial charge in [0.1, 0.15) is 0 Å². The summed E-state index contributed by atoms with van der Waals surface area (Å²) >= 11 is 6.17. The van der Waals surface area contributed by atoms with Crippen molar-refractivity contribution in [3.8, 4) is 6.07 Å². The van der Waals surface area contributed by atoms with Crippen molar-refractivity contribution in [1.82, 2.24) is 0 Å². The van der Waals surface area contributed by atoms with Crippen LogP contribution in [0.4, 0.5) is 5.69 Å². The van der Waals surface area contributed by atoms with E-state index in [0.717, 1.165) is 12.1 Å². The third-order valence-electron chi connectivity index (χ3n) is 3.04. The highest BCUT2D eigenvalue weighted by molar-refractivity contribution is 6.33. The zero-order valence-electron chi connectivity index (χ0n) is 10.7. The molecule has 19 heavy (non-hydrogen) atoms. The lowest BCUT2D eigenvalue weighted by Crippen LogP contribution is -2.10. The van der Waals surface area contributed by atoms with E-state index in [1.54, 1.807) is 18.2 Å². The topological polar surface area (TPSA) is 35.8 Å². The number of halogens is 1. The molecule has 2 nitrogen and oxygen atoms in total. The zero-order valence-corrected chi connectivity index (χ0v) is 11.5. The van der Waals surface area contributed by atoms with E-state index in [4.69, 9.17) is 16.9 Å². The maximum absolute atomic E-state index is 8.94. The second kappa shape index (κ2) is 6.26. The molecule has 0 fully saturated rings. The van der Waals surface area contributed by atoms with Crippen LogP contribution in [-0.4, -0.2) is 0 Å². The van der Waals surface area contributed by atoms with E-state index in [1.165, 1.54) is 5.56 Å². The molecule has 2 aromatic rings. The Morgan fingerprint density at radius 2 is 1.95 bits per heavy atom. The lowest BCUT2D eigenvalue weighted by atomic mass is 10.0. The Kier molecular flexibility index (Phi) is 4.43. The summed E-state index contributed by atoms with van der Waals surface area (Å²) in [4.78, 5) is 0. The number of nitrogens with one attached hydrogen (secondary N) is 1. The van der Waals surface area contributed by atoms with Crippen LogP contribution in [0, 0.1) is 11.3 Å². The van der Waals surface area contributed by atoms with Crippen LogP contribution in [0.2, 0.25) is 5.02 Å². The number of nitrogens with zero attached hydrogens (tertiary/aromatic N) is 1. The van der Waals surface area contributed by atoms with E-state index < -0.39 is 0 Å². The molecule has 2 aromatic carbocycles. The number of hydrogen-bond acceptors (Lipinski definition) is 2. The van der Waals surface area contributed by atoms with Gasteiger partial charge in [0.05, 0.1) is 28.4 Å². The van der Waals surface area contributed by atoms with Gasteiger partial charge in [0.25, 0.3) is 0 Å². The predicted octanol–water partition coefficient (Wildman–Crippen LogP) is 4.77. The SMILES string of the molecule is CCC(Nc1cc(C#N)ccc1Cl)c1ccccc1. The molecule has 0 radical (unpaired) electrons. The van der Waals surface area contributed by atoms with Gasteiger partial charge in [0, 0.05) is 0 Å². The van der Waals surface area contributed by atoms with Crippen LogP contribution < -0.4 is 5.32 Å². The van der Waals surface area contributed by atoms with Gasteiger partial charge < -0.3 is 5.32 Å². The van der Waals surface area contributed by atoms with Crippen LogP contribution in [-0.2, 0) is 0 Å². The fourth-order valence-electron chi connectivity index (χ4n) is 2.00. The summed E-state index contributed by atoms with van der Waals surface area (Å²) < 4.78 is 0. The Hall–Kier alpha value is -1.98. The van der Waals surface area contributed by atoms with E-state index in [-0.39, 0.29) is 6.04 Å². The molecule has 1 unspecified atom stereocenters. The van der Waals surface area contributed by atoms with Crippen LogP contribution in [0.15, 0.2) is 48.5 Å². The van der Waals surface area contributed by atoms with Crippen LogP contribution >= 0.6 is 11.6 Å². The highest BCUT2D eigenvalue weighted by Gasteiger charge is 2.11. The van der Waals surface area contributed by atoms with Crippen LogP contribution in [0.25, 0.3) is 0 Å². The summed E-state index contributed by atoms with van der Waals surface area (Å²) in [5.41, 5.74) is 2.62. The smallest absolute Gasteiger partial charge is 0.0992 e. The van der Waals surface area contributed by atoms with Gasteiger partial charge >= 0.3 is 0 Å². The normalized spacial score (nSPS) is 11.6. The first-order valence-electron chi connectivity index (χ1n) is 6.25.